The number of nitrogens with one attached hydrogen (secondary N) is 1. The highest BCUT2D eigenvalue weighted by Crippen LogP contribution is 2.35. The molecule has 0 aromatic carbocycles. The van der Waals surface area contributed by atoms with E-state index >= 15 is 0 Å². The summed E-state index contributed by atoms with van der Waals surface area (Å²) in [7, 11) is 1.28. The molecule has 2 aromatic rings. The number of methoxy groups -OCH3 is 1. The van der Waals surface area contributed by atoms with E-state index in [0.29, 0.717) is 30.8 Å². The van der Waals surface area contributed by atoms with E-state index in [1.165, 1.54) is 13.3 Å². The number of pyridine rings is 1. The van der Waals surface area contributed by atoms with Gasteiger partial charge in [0.25, 0.3) is 6.47 Å². The molecule has 0 unspecified atom stereocenters. The van der Waals surface area contributed by atoms with Crippen LogP contribution in [0.5, 0.6) is 0 Å². The largest absolute Gasteiger partial charge is 0.483 e. The number of carbonyl (C=O) groups is 2. The summed E-state index contributed by atoms with van der Waals surface area (Å²) < 4.78 is 10.2. The first-order valence-corrected chi connectivity index (χ1v) is 7.07. The minimum atomic E-state index is -0.572. The Bertz CT molecular complexity index is 840. The number of rotatable bonds is 2. The van der Waals surface area contributed by atoms with Crippen LogP contribution in [0.25, 0.3) is 11.1 Å². The third-order valence-electron chi connectivity index (χ3n) is 3.55. The number of nitriles is 1. The maximum Gasteiger partial charge on any atom is 0.356 e. The molecule has 0 fully saturated rings. The van der Waals surface area contributed by atoms with Crippen molar-refractivity contribution in [2.75, 3.05) is 19.5 Å². The summed E-state index contributed by atoms with van der Waals surface area (Å²) in [6.07, 6.45) is 2.07. The van der Waals surface area contributed by atoms with E-state index in [9.17, 15) is 10.1 Å². The molecule has 1 aliphatic rings. The monoisotopic (exact) mass is 345 g/mol. The van der Waals surface area contributed by atoms with Gasteiger partial charge >= 0.3 is 5.97 Å². The van der Waals surface area contributed by atoms with E-state index in [1.807, 2.05) is 6.07 Å². The first-order valence-electron chi connectivity index (χ1n) is 7.07. The summed E-state index contributed by atoms with van der Waals surface area (Å²) in [6.45, 7) is 0.596. The number of ether oxygens (including phenoxy) is 2. The number of esters is 1. The molecule has 3 rings (SSSR count). The number of H-pyrrole nitrogens is 1. The fraction of sp³-hybridized carbons (Fsp3) is 0.267. The number of carboxylic acid groups (broad SMARTS) is 1. The van der Waals surface area contributed by atoms with Crippen LogP contribution in [0.3, 0.4) is 0 Å². The maximum atomic E-state index is 11.9. The molecule has 0 bridgehead atoms. The van der Waals surface area contributed by atoms with Crippen LogP contribution in [0.4, 0.5) is 5.82 Å². The number of anilines is 1. The van der Waals surface area contributed by atoms with Gasteiger partial charge < -0.3 is 20.3 Å². The molecule has 130 valence electrons. The van der Waals surface area contributed by atoms with Crippen molar-refractivity contribution in [2.45, 2.75) is 13.0 Å². The zero-order valence-corrected chi connectivity index (χ0v) is 13.3. The lowest BCUT2D eigenvalue weighted by Crippen LogP contribution is -2.16. The van der Waals surface area contributed by atoms with Gasteiger partial charge in [-0.15, -0.1) is 0 Å². The van der Waals surface area contributed by atoms with E-state index in [-0.39, 0.29) is 23.5 Å². The van der Waals surface area contributed by atoms with Gasteiger partial charge in [0.1, 0.15) is 17.5 Å². The summed E-state index contributed by atoms with van der Waals surface area (Å²) in [5.74, 6) is -0.438. The smallest absolute Gasteiger partial charge is 0.356 e. The van der Waals surface area contributed by atoms with Gasteiger partial charge in [-0.05, 0) is 0 Å². The first kappa shape index (κ1) is 17.9. The minimum Gasteiger partial charge on any atom is -0.483 e. The van der Waals surface area contributed by atoms with Gasteiger partial charge in [-0.3, -0.25) is 9.89 Å². The average molecular weight is 345 g/mol. The first-order chi connectivity index (χ1) is 12.1. The number of nitrogen functional groups attached to an aromatic ring is 1. The topological polar surface area (TPSA) is 164 Å². The number of carbonyl (C=O) groups excluding carboxylic acids is 1. The van der Waals surface area contributed by atoms with Crippen LogP contribution in [-0.2, 0) is 27.3 Å². The Hall–Kier alpha value is -3.45. The number of fused-ring (bicyclic) bond motifs is 1. The number of hydrogen-bond donors (Lipinski definition) is 3. The highest BCUT2D eigenvalue weighted by molar-refractivity contribution is 5.97. The zero-order valence-electron chi connectivity index (χ0n) is 13.3. The van der Waals surface area contributed by atoms with Crippen molar-refractivity contribution in [1.82, 2.24) is 15.2 Å². The molecule has 1 aliphatic heterocycles. The van der Waals surface area contributed by atoms with Crippen LogP contribution < -0.4 is 5.73 Å². The zero-order chi connectivity index (χ0) is 18.4. The molecular weight excluding hydrogens is 330 g/mol. The van der Waals surface area contributed by atoms with Gasteiger partial charge in [-0.1, -0.05) is 0 Å². The number of nitrogens with two attached hydrogens (primary N) is 1. The van der Waals surface area contributed by atoms with Crippen LogP contribution in [0.1, 0.15) is 27.3 Å². The van der Waals surface area contributed by atoms with E-state index in [1.54, 1.807) is 0 Å². The number of aromatic amines is 1. The molecule has 0 radical (unpaired) electrons. The third kappa shape index (κ3) is 3.41. The second-order valence-electron chi connectivity index (χ2n) is 4.84. The molecule has 0 spiro atoms. The van der Waals surface area contributed by atoms with Crippen LogP contribution in [0, 0.1) is 11.3 Å². The van der Waals surface area contributed by atoms with Crippen molar-refractivity contribution in [3.05, 3.63) is 28.7 Å². The molecule has 25 heavy (non-hydrogen) atoms. The summed E-state index contributed by atoms with van der Waals surface area (Å²) in [4.78, 5) is 24.5. The molecule has 4 N–H and O–H groups in total. The Morgan fingerprint density at radius 3 is 2.96 bits per heavy atom. The second-order valence-corrected chi connectivity index (χ2v) is 4.84. The maximum absolute atomic E-state index is 11.9. The SMILES string of the molecule is COC(=O)c1[nH]ncc1-c1c(C#N)c(N)nc2c1COCC2.O=CO. The van der Waals surface area contributed by atoms with Crippen molar-refractivity contribution >= 4 is 18.3 Å². The molecular formula is C15H15N5O5. The van der Waals surface area contributed by atoms with Crippen LogP contribution in [0.15, 0.2) is 6.20 Å². The van der Waals surface area contributed by atoms with Gasteiger partial charge in [-0.2, -0.15) is 10.4 Å². The lowest BCUT2D eigenvalue weighted by atomic mass is 9.93. The second kappa shape index (κ2) is 7.89. The van der Waals surface area contributed by atoms with Crippen molar-refractivity contribution in [3.8, 4) is 17.2 Å². The van der Waals surface area contributed by atoms with Gasteiger partial charge in [-0.25, -0.2) is 9.78 Å². The molecule has 0 atom stereocenters. The number of nitrogens with zero attached hydrogens (tertiary/aromatic N) is 3. The summed E-state index contributed by atoms with van der Waals surface area (Å²) in [5.41, 5.74) is 8.78. The summed E-state index contributed by atoms with van der Waals surface area (Å²) in [6, 6.07) is 2.05. The van der Waals surface area contributed by atoms with E-state index < -0.39 is 5.97 Å². The lowest BCUT2D eigenvalue weighted by molar-refractivity contribution is -0.122. The quantitative estimate of drug-likeness (QED) is 0.518. The molecule has 3 heterocycles. The van der Waals surface area contributed by atoms with Crippen molar-refractivity contribution in [3.63, 3.8) is 0 Å². The number of aromatic nitrogens is 3. The van der Waals surface area contributed by atoms with Gasteiger partial charge in [0.2, 0.25) is 0 Å². The van der Waals surface area contributed by atoms with E-state index in [0.717, 1.165) is 11.3 Å². The fourth-order valence-corrected chi connectivity index (χ4v) is 2.54. The Morgan fingerprint density at radius 1 is 1.60 bits per heavy atom. The molecule has 0 saturated heterocycles. The molecule has 10 nitrogen and oxygen atoms in total. The Balaban J connectivity index is 0.000000701. The Kier molecular flexibility index (Phi) is 5.65. The minimum absolute atomic E-state index is 0.134. The lowest BCUT2D eigenvalue weighted by Gasteiger charge is -2.21. The van der Waals surface area contributed by atoms with Gasteiger partial charge in [0.05, 0.1) is 32.2 Å². The molecule has 0 amide bonds. The van der Waals surface area contributed by atoms with Crippen molar-refractivity contribution < 1.29 is 24.2 Å². The molecule has 0 aliphatic carbocycles. The molecule has 10 heteroatoms. The van der Waals surface area contributed by atoms with E-state index in [2.05, 4.69) is 15.2 Å². The molecule has 0 saturated carbocycles. The Labute approximate surface area is 142 Å². The number of hydrogen-bond acceptors (Lipinski definition) is 8. The predicted octanol–water partition coefficient (Wildman–Crippen LogP) is 0.486. The third-order valence-corrected chi connectivity index (χ3v) is 3.55. The van der Waals surface area contributed by atoms with Crippen molar-refractivity contribution in [1.29, 1.82) is 5.26 Å². The highest BCUT2D eigenvalue weighted by atomic mass is 16.5. The standard InChI is InChI=1S/C14H13N5O3.CH2O2/c1-21-14(20)12-8(5-17-19-12)11-7(4-15)13(16)18-10-2-3-22-6-9(10)11;2-1-3/h5H,2-3,6H2,1H3,(H2,16,18)(H,17,19);1H,(H,2,3). The Morgan fingerprint density at radius 2 is 2.32 bits per heavy atom. The highest BCUT2D eigenvalue weighted by Gasteiger charge is 2.26. The van der Waals surface area contributed by atoms with Crippen LogP contribution in [-0.4, -0.2) is 46.4 Å². The summed E-state index contributed by atoms with van der Waals surface area (Å²) in [5, 5.41) is 22.8. The van der Waals surface area contributed by atoms with Gasteiger partial charge in [0, 0.05) is 23.1 Å². The van der Waals surface area contributed by atoms with E-state index in [4.69, 9.17) is 25.1 Å². The van der Waals surface area contributed by atoms with Crippen LogP contribution in [0.2, 0.25) is 0 Å². The fourth-order valence-electron chi connectivity index (χ4n) is 2.54. The summed E-state index contributed by atoms with van der Waals surface area (Å²) >= 11 is 0. The predicted molar refractivity (Wildman–Crippen MR) is 84.3 cm³/mol. The molecule has 2 aromatic heterocycles. The normalized spacial score (nSPS) is 12.2. The van der Waals surface area contributed by atoms with Crippen LogP contribution >= 0.6 is 0 Å². The van der Waals surface area contributed by atoms with Gasteiger partial charge in [0.15, 0.2) is 5.69 Å². The van der Waals surface area contributed by atoms with Crippen molar-refractivity contribution in [2.24, 2.45) is 0 Å². The average Bonchev–Trinajstić information content (AvgIpc) is 3.09.